The zero-order valence-corrected chi connectivity index (χ0v) is 22.0. The lowest BCUT2D eigenvalue weighted by atomic mass is 10.3. The highest BCUT2D eigenvalue weighted by atomic mass is 35.5. The second-order valence-corrected chi connectivity index (χ2v) is 10.3. The molecule has 0 aromatic heterocycles. The number of hydrogen-bond acceptors (Lipinski definition) is 4. The first kappa shape index (κ1) is 25.8. The van der Waals surface area contributed by atoms with Crippen LogP contribution in [0.4, 0.5) is 0 Å². The van der Waals surface area contributed by atoms with Gasteiger partial charge in [0.05, 0.1) is 13.5 Å². The zero-order chi connectivity index (χ0) is 23.8. The molecular weight excluding hydrogens is 474 g/mol. The lowest BCUT2D eigenvalue weighted by molar-refractivity contribution is 0.424. The van der Waals surface area contributed by atoms with Crippen molar-refractivity contribution in [3.63, 3.8) is 0 Å². The molecule has 0 amide bonds. The fourth-order valence-electron chi connectivity index (χ4n) is 3.62. The van der Waals surface area contributed by atoms with Crippen LogP contribution in [0, 0.1) is 0 Å². The Kier molecular flexibility index (Phi) is 9.85. The highest BCUT2D eigenvalue weighted by Crippen LogP contribution is 2.49. The van der Waals surface area contributed by atoms with Gasteiger partial charge in [-0.15, -0.1) is 0 Å². The summed E-state index contributed by atoms with van der Waals surface area (Å²) in [7, 11) is -0.882. The molecular formula is C26H31Cl2N2O2P. The summed E-state index contributed by atoms with van der Waals surface area (Å²) in [5.41, 5.74) is 0. The van der Waals surface area contributed by atoms with Crippen LogP contribution in [0.1, 0.15) is 27.7 Å². The molecule has 0 saturated heterocycles. The van der Waals surface area contributed by atoms with E-state index in [4.69, 9.17) is 32.7 Å². The van der Waals surface area contributed by atoms with Crippen LogP contribution in [0.15, 0.2) is 66.7 Å². The van der Waals surface area contributed by atoms with Crippen LogP contribution in [0.3, 0.4) is 0 Å². The van der Waals surface area contributed by atoms with Crippen LogP contribution >= 0.6 is 31.4 Å². The third kappa shape index (κ3) is 6.62. The van der Waals surface area contributed by atoms with Crippen molar-refractivity contribution in [2.45, 2.75) is 27.7 Å². The highest BCUT2D eigenvalue weighted by Gasteiger charge is 2.31. The van der Waals surface area contributed by atoms with E-state index < -0.39 is 8.22 Å². The third-order valence-corrected chi connectivity index (χ3v) is 8.72. The smallest absolute Gasteiger partial charge is 0.141 e. The van der Waals surface area contributed by atoms with E-state index in [-0.39, 0.29) is 0 Å². The van der Waals surface area contributed by atoms with Crippen molar-refractivity contribution in [2.75, 3.05) is 26.2 Å². The van der Waals surface area contributed by atoms with E-state index in [1.165, 1.54) is 0 Å². The molecule has 3 aromatic carbocycles. The molecule has 0 spiro atoms. The van der Waals surface area contributed by atoms with Crippen LogP contribution in [-0.2, 0) is 0 Å². The molecule has 0 radical (unpaired) electrons. The van der Waals surface area contributed by atoms with Gasteiger partial charge in [0, 0.05) is 36.2 Å². The molecule has 3 aromatic rings. The van der Waals surface area contributed by atoms with Crippen LogP contribution < -0.4 is 14.8 Å². The standard InChI is InChI=1S/C26H31Cl2N2O2P/c1-5-29(6-2)33(30(7-3)8-4)26-24(31-22-14-9-12-20(27)18-22)16-11-17-25(26)32-23-15-10-13-21(28)19-23/h9-19H,5-8H2,1-4H3. The van der Waals surface area contributed by atoms with Gasteiger partial charge >= 0.3 is 0 Å². The molecule has 0 N–H and O–H groups in total. The monoisotopic (exact) mass is 504 g/mol. The number of halogens is 2. The van der Waals surface area contributed by atoms with Crippen LogP contribution in [-0.4, -0.2) is 35.5 Å². The zero-order valence-electron chi connectivity index (χ0n) is 19.6. The van der Waals surface area contributed by atoms with Crippen molar-refractivity contribution < 1.29 is 9.47 Å². The molecule has 0 unspecified atom stereocenters. The van der Waals surface area contributed by atoms with Crippen molar-refractivity contribution in [1.29, 1.82) is 0 Å². The van der Waals surface area contributed by atoms with Crippen LogP contribution in [0.25, 0.3) is 0 Å². The van der Waals surface area contributed by atoms with Gasteiger partial charge in [-0.25, -0.2) is 0 Å². The Morgan fingerprint density at radius 1 is 0.636 bits per heavy atom. The largest absolute Gasteiger partial charge is 0.456 e. The van der Waals surface area contributed by atoms with Crippen LogP contribution in [0.2, 0.25) is 10.0 Å². The Hall–Kier alpha value is -1.81. The van der Waals surface area contributed by atoms with Gasteiger partial charge in [-0.1, -0.05) is 69.1 Å². The summed E-state index contributed by atoms with van der Waals surface area (Å²) in [5, 5.41) is 2.31. The Balaban J connectivity index is 2.17. The first-order valence-corrected chi connectivity index (χ1v) is 13.3. The fourth-order valence-corrected chi connectivity index (χ4v) is 6.61. The van der Waals surface area contributed by atoms with E-state index in [9.17, 15) is 0 Å². The summed E-state index contributed by atoms with van der Waals surface area (Å²) in [5.74, 6) is 2.92. The summed E-state index contributed by atoms with van der Waals surface area (Å²) in [6.07, 6.45) is 0. The lowest BCUT2D eigenvalue weighted by Gasteiger charge is -2.39. The number of benzene rings is 3. The molecule has 0 heterocycles. The summed E-state index contributed by atoms with van der Waals surface area (Å²) in [6, 6.07) is 20.9. The SMILES string of the molecule is CCN(CC)P(c1c(Oc2cccc(Cl)c2)cccc1Oc1cccc(Cl)c1)N(CC)CC. The van der Waals surface area contributed by atoms with Crippen molar-refractivity contribution in [1.82, 2.24) is 9.34 Å². The third-order valence-electron chi connectivity index (χ3n) is 5.21. The van der Waals surface area contributed by atoms with Gasteiger partial charge in [0.25, 0.3) is 0 Å². The minimum Gasteiger partial charge on any atom is -0.456 e. The predicted octanol–water partition coefficient (Wildman–Crippen LogP) is 8.20. The van der Waals surface area contributed by atoms with E-state index in [2.05, 4.69) is 37.0 Å². The van der Waals surface area contributed by atoms with Gasteiger partial charge in [0.1, 0.15) is 23.0 Å². The van der Waals surface area contributed by atoms with Crippen molar-refractivity contribution in [2.24, 2.45) is 0 Å². The summed E-state index contributed by atoms with van der Waals surface area (Å²) in [4.78, 5) is 0. The van der Waals surface area contributed by atoms with Crippen molar-refractivity contribution in [3.05, 3.63) is 76.8 Å². The predicted molar refractivity (Wildman–Crippen MR) is 142 cm³/mol. The van der Waals surface area contributed by atoms with E-state index in [0.717, 1.165) is 43.0 Å². The molecule has 0 fully saturated rings. The second kappa shape index (κ2) is 12.6. The average Bonchev–Trinajstić information content (AvgIpc) is 2.80. The molecule has 33 heavy (non-hydrogen) atoms. The molecule has 176 valence electrons. The van der Waals surface area contributed by atoms with Gasteiger partial charge in [0.2, 0.25) is 0 Å². The molecule has 3 rings (SSSR count). The molecule has 0 bridgehead atoms. The normalized spacial score (nSPS) is 11.4. The maximum absolute atomic E-state index is 6.42. The van der Waals surface area contributed by atoms with Gasteiger partial charge in [0.15, 0.2) is 0 Å². The van der Waals surface area contributed by atoms with Crippen molar-refractivity contribution >= 4 is 36.7 Å². The minimum absolute atomic E-state index is 0.634. The van der Waals surface area contributed by atoms with Crippen LogP contribution in [0.5, 0.6) is 23.0 Å². The molecule has 0 atom stereocenters. The summed E-state index contributed by atoms with van der Waals surface area (Å²) in [6.45, 7) is 12.4. The van der Waals surface area contributed by atoms with Crippen molar-refractivity contribution in [3.8, 4) is 23.0 Å². The first-order chi connectivity index (χ1) is 16.0. The first-order valence-electron chi connectivity index (χ1n) is 11.3. The second-order valence-electron chi connectivity index (χ2n) is 7.29. The fraction of sp³-hybridized carbons (Fsp3) is 0.308. The molecule has 7 heteroatoms. The number of hydrogen-bond donors (Lipinski definition) is 0. The van der Waals surface area contributed by atoms with E-state index >= 15 is 0 Å². The highest BCUT2D eigenvalue weighted by molar-refractivity contribution is 7.61. The van der Waals surface area contributed by atoms with Gasteiger partial charge in [-0.05, 0) is 48.5 Å². The van der Waals surface area contributed by atoms with Gasteiger partial charge in [-0.3, -0.25) is 9.34 Å². The number of ether oxygens (including phenoxy) is 2. The Labute approximate surface area is 208 Å². The van der Waals surface area contributed by atoms with Gasteiger partial charge < -0.3 is 9.47 Å². The Morgan fingerprint density at radius 3 is 1.39 bits per heavy atom. The topological polar surface area (TPSA) is 24.9 Å². The maximum atomic E-state index is 6.42. The average molecular weight is 505 g/mol. The molecule has 0 aliphatic rings. The number of nitrogens with zero attached hydrogens (tertiary/aromatic N) is 2. The van der Waals surface area contributed by atoms with E-state index in [0.29, 0.717) is 21.5 Å². The molecule has 0 aliphatic heterocycles. The summed E-state index contributed by atoms with van der Waals surface area (Å²) >= 11 is 12.5. The maximum Gasteiger partial charge on any atom is 0.141 e. The lowest BCUT2D eigenvalue weighted by Crippen LogP contribution is -2.34. The Morgan fingerprint density at radius 2 is 1.03 bits per heavy atom. The molecule has 0 aliphatic carbocycles. The van der Waals surface area contributed by atoms with Gasteiger partial charge in [-0.2, -0.15) is 0 Å². The molecule has 0 saturated carbocycles. The minimum atomic E-state index is -0.882. The summed E-state index contributed by atoms with van der Waals surface area (Å²) < 4.78 is 17.8. The Bertz CT molecular complexity index is 965. The van der Waals surface area contributed by atoms with E-state index in [1.54, 1.807) is 0 Å². The quantitative estimate of drug-likeness (QED) is 0.245. The number of rotatable bonds is 11. The van der Waals surface area contributed by atoms with E-state index in [1.807, 2.05) is 66.7 Å². The molecule has 4 nitrogen and oxygen atoms in total.